The van der Waals surface area contributed by atoms with E-state index in [1.165, 1.54) is 36.9 Å². The van der Waals surface area contributed by atoms with Gasteiger partial charge in [-0.3, -0.25) is 4.57 Å². The van der Waals surface area contributed by atoms with Crippen LogP contribution in [0.3, 0.4) is 0 Å². The van der Waals surface area contributed by atoms with Crippen LogP contribution in [0.25, 0.3) is 5.69 Å². The highest BCUT2D eigenvalue weighted by atomic mass is 15.4. The van der Waals surface area contributed by atoms with Crippen LogP contribution in [-0.2, 0) is 13.1 Å². The molecular weight excluding hydrogens is 360 g/mol. The normalized spacial score (nSPS) is 15.7. The Labute approximate surface area is 170 Å². The van der Waals surface area contributed by atoms with Crippen LogP contribution in [0.5, 0.6) is 0 Å². The number of hydrogen-bond donors (Lipinski definition) is 1. The summed E-state index contributed by atoms with van der Waals surface area (Å²) in [6.07, 6.45) is 4.93. The summed E-state index contributed by atoms with van der Waals surface area (Å²) in [7, 11) is 1.95. The minimum atomic E-state index is 0.489. The summed E-state index contributed by atoms with van der Waals surface area (Å²) in [6.45, 7) is 1.52. The predicted octanol–water partition coefficient (Wildman–Crippen LogP) is 4.36. The van der Waals surface area contributed by atoms with E-state index in [2.05, 4.69) is 49.2 Å². The van der Waals surface area contributed by atoms with Gasteiger partial charge in [-0.25, -0.2) is 0 Å². The molecule has 5 rings (SSSR count). The van der Waals surface area contributed by atoms with Gasteiger partial charge in [0.05, 0.1) is 17.3 Å². The number of benzene rings is 2. The maximum atomic E-state index is 9.06. The molecular formula is C23H24N6. The summed E-state index contributed by atoms with van der Waals surface area (Å²) < 4.78 is 2.28. The average molecular weight is 384 g/mol. The summed E-state index contributed by atoms with van der Waals surface area (Å²) >= 11 is 0. The third kappa shape index (κ3) is 3.13. The van der Waals surface area contributed by atoms with E-state index in [1.54, 1.807) is 0 Å². The first-order valence-electron chi connectivity index (χ1n) is 10.3. The van der Waals surface area contributed by atoms with Gasteiger partial charge in [-0.05, 0) is 54.3 Å². The number of aromatic nitrogens is 3. The lowest BCUT2D eigenvalue weighted by Gasteiger charge is -2.31. The lowest BCUT2D eigenvalue weighted by atomic mass is 10.0. The standard InChI is InChI=1S/C23H24N6/c1-25-20-10-11-21-19(12-20)15-28(14-17-8-6-16(13-24)7-9-17)23-27-26-22(29(21)23)18-4-2-3-5-18/h6-12,18,25H,2-5,14-15H2,1H3. The summed E-state index contributed by atoms with van der Waals surface area (Å²) in [5.41, 5.74) is 5.43. The van der Waals surface area contributed by atoms with Crippen LogP contribution in [0, 0.1) is 11.3 Å². The number of fused-ring (bicyclic) bond motifs is 3. The molecule has 1 N–H and O–H groups in total. The number of nitriles is 1. The van der Waals surface area contributed by atoms with Gasteiger partial charge in [0.1, 0.15) is 5.82 Å². The summed E-state index contributed by atoms with van der Waals surface area (Å²) in [6, 6.07) is 16.5. The zero-order valence-electron chi connectivity index (χ0n) is 16.6. The maximum absolute atomic E-state index is 9.06. The van der Waals surface area contributed by atoms with Gasteiger partial charge < -0.3 is 10.2 Å². The minimum Gasteiger partial charge on any atom is -0.388 e. The van der Waals surface area contributed by atoms with Crippen LogP contribution in [0.1, 0.15) is 54.1 Å². The van der Waals surface area contributed by atoms with Crippen LogP contribution in [0.4, 0.5) is 11.6 Å². The largest absolute Gasteiger partial charge is 0.388 e. The van der Waals surface area contributed by atoms with Crippen molar-refractivity contribution in [1.29, 1.82) is 5.26 Å². The third-order valence-electron chi connectivity index (χ3n) is 6.10. The fraction of sp³-hybridized carbons (Fsp3) is 0.348. The molecule has 0 atom stereocenters. The van der Waals surface area contributed by atoms with E-state index in [4.69, 9.17) is 5.26 Å². The van der Waals surface area contributed by atoms with Gasteiger partial charge in [0, 0.05) is 31.7 Å². The van der Waals surface area contributed by atoms with E-state index in [0.717, 1.165) is 36.1 Å². The molecule has 0 radical (unpaired) electrons. The fourth-order valence-electron chi connectivity index (χ4n) is 4.57. The third-order valence-corrected chi connectivity index (χ3v) is 6.10. The minimum absolute atomic E-state index is 0.489. The van der Waals surface area contributed by atoms with Crippen molar-refractivity contribution in [2.45, 2.75) is 44.7 Å². The van der Waals surface area contributed by atoms with Crippen molar-refractivity contribution in [2.75, 3.05) is 17.3 Å². The van der Waals surface area contributed by atoms with E-state index in [9.17, 15) is 0 Å². The molecule has 146 valence electrons. The summed E-state index contributed by atoms with van der Waals surface area (Å²) in [5.74, 6) is 2.50. The highest BCUT2D eigenvalue weighted by molar-refractivity contribution is 5.60. The van der Waals surface area contributed by atoms with Gasteiger partial charge in [-0.1, -0.05) is 25.0 Å². The molecule has 1 aromatic heterocycles. The second kappa shape index (κ2) is 7.25. The summed E-state index contributed by atoms with van der Waals surface area (Å²) in [4.78, 5) is 2.29. The first-order valence-corrected chi connectivity index (χ1v) is 10.3. The Balaban J connectivity index is 1.56. The Hall–Kier alpha value is -3.33. The number of rotatable bonds is 4. The molecule has 0 unspecified atom stereocenters. The predicted molar refractivity (Wildman–Crippen MR) is 113 cm³/mol. The van der Waals surface area contributed by atoms with Crippen LogP contribution in [0.2, 0.25) is 0 Å². The Morgan fingerprint density at radius 3 is 2.62 bits per heavy atom. The lowest BCUT2D eigenvalue weighted by Crippen LogP contribution is -2.30. The van der Waals surface area contributed by atoms with Crippen LogP contribution in [0.15, 0.2) is 42.5 Å². The van der Waals surface area contributed by atoms with E-state index < -0.39 is 0 Å². The van der Waals surface area contributed by atoms with Crippen molar-refractivity contribution < 1.29 is 0 Å². The molecule has 2 aromatic carbocycles. The monoisotopic (exact) mass is 384 g/mol. The fourth-order valence-corrected chi connectivity index (χ4v) is 4.57. The topological polar surface area (TPSA) is 69.8 Å². The molecule has 2 heterocycles. The molecule has 1 aliphatic heterocycles. The van der Waals surface area contributed by atoms with Gasteiger partial charge in [0.15, 0.2) is 0 Å². The van der Waals surface area contributed by atoms with Crippen molar-refractivity contribution in [3.63, 3.8) is 0 Å². The zero-order chi connectivity index (χ0) is 19.8. The number of nitrogens with zero attached hydrogens (tertiary/aromatic N) is 5. The Morgan fingerprint density at radius 2 is 1.90 bits per heavy atom. The van der Waals surface area contributed by atoms with E-state index in [1.807, 2.05) is 31.3 Å². The number of anilines is 2. The van der Waals surface area contributed by atoms with Crippen molar-refractivity contribution in [1.82, 2.24) is 14.8 Å². The maximum Gasteiger partial charge on any atom is 0.232 e. The van der Waals surface area contributed by atoms with Crippen molar-refractivity contribution in [3.05, 3.63) is 65.0 Å². The van der Waals surface area contributed by atoms with Crippen molar-refractivity contribution >= 4 is 11.6 Å². The number of nitrogens with one attached hydrogen (secondary N) is 1. The molecule has 1 fully saturated rings. The molecule has 1 aliphatic carbocycles. The zero-order valence-corrected chi connectivity index (χ0v) is 16.6. The van der Waals surface area contributed by atoms with Gasteiger partial charge in [-0.2, -0.15) is 5.26 Å². The van der Waals surface area contributed by atoms with Gasteiger partial charge in [0.25, 0.3) is 0 Å². The smallest absolute Gasteiger partial charge is 0.232 e. The second-order valence-electron chi connectivity index (χ2n) is 7.93. The molecule has 3 aromatic rings. The van der Waals surface area contributed by atoms with E-state index in [-0.39, 0.29) is 0 Å². The summed E-state index contributed by atoms with van der Waals surface area (Å²) in [5, 5.41) is 21.6. The highest BCUT2D eigenvalue weighted by Gasteiger charge is 2.31. The SMILES string of the molecule is CNc1ccc2c(c1)CN(Cc1ccc(C#N)cc1)c1nnc(C3CCCC3)n1-2. The molecule has 1 saturated carbocycles. The number of hydrogen-bond acceptors (Lipinski definition) is 5. The molecule has 0 spiro atoms. The molecule has 0 amide bonds. The Morgan fingerprint density at radius 1 is 1.10 bits per heavy atom. The molecule has 6 heteroatoms. The first kappa shape index (κ1) is 17.7. The molecule has 0 bridgehead atoms. The quantitative estimate of drug-likeness (QED) is 0.724. The van der Waals surface area contributed by atoms with Gasteiger partial charge in [0.2, 0.25) is 5.95 Å². The first-order chi connectivity index (χ1) is 14.3. The van der Waals surface area contributed by atoms with Crippen LogP contribution >= 0.6 is 0 Å². The lowest BCUT2D eigenvalue weighted by molar-refractivity contribution is 0.638. The van der Waals surface area contributed by atoms with Crippen LogP contribution < -0.4 is 10.2 Å². The molecule has 0 saturated heterocycles. The molecule has 6 nitrogen and oxygen atoms in total. The van der Waals surface area contributed by atoms with Crippen LogP contribution in [-0.4, -0.2) is 21.8 Å². The van der Waals surface area contributed by atoms with E-state index in [0.29, 0.717) is 11.5 Å². The van der Waals surface area contributed by atoms with Gasteiger partial charge >= 0.3 is 0 Å². The highest BCUT2D eigenvalue weighted by Crippen LogP contribution is 2.39. The molecule has 2 aliphatic rings. The molecule has 29 heavy (non-hydrogen) atoms. The van der Waals surface area contributed by atoms with E-state index >= 15 is 0 Å². The van der Waals surface area contributed by atoms with Crippen molar-refractivity contribution in [2.24, 2.45) is 0 Å². The Kier molecular flexibility index (Phi) is 4.44. The van der Waals surface area contributed by atoms with Crippen molar-refractivity contribution in [3.8, 4) is 11.8 Å². The Bertz CT molecular complexity index is 1070. The second-order valence-corrected chi connectivity index (χ2v) is 7.93. The average Bonchev–Trinajstić information content (AvgIpc) is 3.44. The van der Waals surface area contributed by atoms with Gasteiger partial charge in [-0.15, -0.1) is 10.2 Å².